The van der Waals surface area contributed by atoms with Crippen molar-refractivity contribution in [2.75, 3.05) is 20.8 Å². The number of methoxy groups -OCH3 is 2. The van der Waals surface area contributed by atoms with Crippen molar-refractivity contribution in [2.45, 2.75) is 6.92 Å². The minimum absolute atomic E-state index is 0.197. The third-order valence-electron chi connectivity index (χ3n) is 3.17. The van der Waals surface area contributed by atoms with Crippen LogP contribution in [-0.2, 0) is 9.47 Å². The van der Waals surface area contributed by atoms with Crippen molar-refractivity contribution in [3.8, 4) is 17.0 Å². The first-order valence-electron chi connectivity index (χ1n) is 7.00. The summed E-state index contributed by atoms with van der Waals surface area (Å²) in [6, 6.07) is 8.50. The molecule has 0 bridgehead atoms. The number of aromatic nitrogens is 1. The summed E-state index contributed by atoms with van der Waals surface area (Å²) in [6.45, 7) is 1.95. The highest BCUT2D eigenvalue weighted by Gasteiger charge is 2.18. The van der Waals surface area contributed by atoms with Gasteiger partial charge in [-0.1, -0.05) is 0 Å². The quantitative estimate of drug-likeness (QED) is 0.790. The molecule has 0 aliphatic rings. The molecular formula is C17H17NO5. The standard InChI is InChI=1S/C17H17NO5/c1-4-23-16(19)12-9-14(17(20)22-3)15(18-10-12)11-5-7-13(21-2)8-6-11/h5-10H,4H2,1-3H3. The van der Waals surface area contributed by atoms with E-state index in [0.717, 1.165) is 0 Å². The second kappa shape index (κ2) is 7.40. The highest BCUT2D eigenvalue weighted by atomic mass is 16.5. The van der Waals surface area contributed by atoms with Crippen LogP contribution in [0.4, 0.5) is 0 Å². The topological polar surface area (TPSA) is 74.7 Å². The van der Waals surface area contributed by atoms with Crippen LogP contribution in [-0.4, -0.2) is 37.7 Å². The van der Waals surface area contributed by atoms with Gasteiger partial charge in [0.1, 0.15) is 5.75 Å². The van der Waals surface area contributed by atoms with E-state index in [2.05, 4.69) is 4.98 Å². The zero-order chi connectivity index (χ0) is 16.8. The second-order valence-electron chi connectivity index (χ2n) is 4.56. The molecule has 0 radical (unpaired) electrons. The van der Waals surface area contributed by atoms with Crippen LogP contribution in [0.15, 0.2) is 36.5 Å². The smallest absolute Gasteiger partial charge is 0.340 e. The summed E-state index contributed by atoms with van der Waals surface area (Å²) in [5.74, 6) is -0.419. The number of pyridine rings is 1. The maximum absolute atomic E-state index is 12.0. The molecule has 2 aromatic rings. The van der Waals surface area contributed by atoms with E-state index in [1.54, 1.807) is 38.3 Å². The Morgan fingerprint density at radius 1 is 1.09 bits per heavy atom. The van der Waals surface area contributed by atoms with Crippen molar-refractivity contribution >= 4 is 11.9 Å². The van der Waals surface area contributed by atoms with Crippen molar-refractivity contribution < 1.29 is 23.8 Å². The van der Waals surface area contributed by atoms with Gasteiger partial charge in [0.25, 0.3) is 0 Å². The summed E-state index contributed by atoms with van der Waals surface area (Å²) in [7, 11) is 2.85. The summed E-state index contributed by atoms with van der Waals surface area (Å²) in [5.41, 5.74) is 1.53. The Balaban J connectivity index is 2.49. The fraction of sp³-hybridized carbons (Fsp3) is 0.235. The number of rotatable bonds is 5. The lowest BCUT2D eigenvalue weighted by Gasteiger charge is -2.10. The fourth-order valence-corrected chi connectivity index (χ4v) is 2.04. The minimum atomic E-state index is -0.575. The summed E-state index contributed by atoms with van der Waals surface area (Å²) >= 11 is 0. The summed E-state index contributed by atoms with van der Waals surface area (Å²) in [5, 5.41) is 0. The first-order valence-corrected chi connectivity index (χ1v) is 7.00. The van der Waals surface area contributed by atoms with Gasteiger partial charge >= 0.3 is 11.9 Å². The van der Waals surface area contributed by atoms with Crippen LogP contribution < -0.4 is 4.74 Å². The molecule has 6 nitrogen and oxygen atoms in total. The van der Waals surface area contributed by atoms with Gasteiger partial charge in [0.2, 0.25) is 0 Å². The SMILES string of the molecule is CCOC(=O)c1cnc(-c2ccc(OC)cc2)c(C(=O)OC)c1. The molecule has 0 spiro atoms. The zero-order valence-corrected chi connectivity index (χ0v) is 13.2. The Kier molecular flexibility index (Phi) is 5.30. The number of nitrogens with zero attached hydrogens (tertiary/aromatic N) is 1. The maximum atomic E-state index is 12.0. The van der Waals surface area contributed by atoms with Gasteiger partial charge in [0.15, 0.2) is 0 Å². The molecule has 0 amide bonds. The van der Waals surface area contributed by atoms with Crippen molar-refractivity contribution in [3.05, 3.63) is 47.7 Å². The van der Waals surface area contributed by atoms with Crippen LogP contribution in [0, 0.1) is 0 Å². The number of benzene rings is 1. The Labute approximate surface area is 134 Å². The number of hydrogen-bond donors (Lipinski definition) is 0. The molecule has 0 N–H and O–H groups in total. The lowest BCUT2D eigenvalue weighted by molar-refractivity contribution is 0.0526. The van der Waals surface area contributed by atoms with E-state index >= 15 is 0 Å². The molecule has 1 aromatic heterocycles. The Morgan fingerprint density at radius 3 is 2.35 bits per heavy atom. The predicted molar refractivity (Wildman–Crippen MR) is 83.5 cm³/mol. The Morgan fingerprint density at radius 2 is 1.78 bits per heavy atom. The van der Waals surface area contributed by atoms with Gasteiger partial charge < -0.3 is 14.2 Å². The molecule has 0 aliphatic heterocycles. The summed E-state index contributed by atoms with van der Waals surface area (Å²) < 4.78 is 14.8. The van der Waals surface area contributed by atoms with Crippen LogP contribution in [0.5, 0.6) is 5.75 Å². The van der Waals surface area contributed by atoms with E-state index in [1.807, 2.05) is 0 Å². The highest BCUT2D eigenvalue weighted by Crippen LogP contribution is 2.25. The molecule has 0 fully saturated rings. The molecule has 120 valence electrons. The molecule has 0 aliphatic carbocycles. The van der Waals surface area contributed by atoms with E-state index in [4.69, 9.17) is 14.2 Å². The van der Waals surface area contributed by atoms with Crippen LogP contribution in [0.3, 0.4) is 0 Å². The lowest BCUT2D eigenvalue weighted by Crippen LogP contribution is -2.10. The van der Waals surface area contributed by atoms with Crippen LogP contribution in [0.2, 0.25) is 0 Å². The normalized spacial score (nSPS) is 10.0. The zero-order valence-electron chi connectivity index (χ0n) is 13.2. The van der Waals surface area contributed by atoms with E-state index in [-0.39, 0.29) is 17.7 Å². The van der Waals surface area contributed by atoms with E-state index in [0.29, 0.717) is 17.0 Å². The molecule has 1 aromatic carbocycles. The van der Waals surface area contributed by atoms with Gasteiger partial charge in [-0.25, -0.2) is 9.59 Å². The third-order valence-corrected chi connectivity index (χ3v) is 3.17. The summed E-state index contributed by atoms with van der Waals surface area (Å²) in [4.78, 5) is 28.1. The van der Waals surface area contributed by atoms with Crippen LogP contribution >= 0.6 is 0 Å². The van der Waals surface area contributed by atoms with Crippen molar-refractivity contribution in [2.24, 2.45) is 0 Å². The molecule has 1 heterocycles. The molecule has 0 saturated heterocycles. The molecule has 6 heteroatoms. The van der Waals surface area contributed by atoms with Crippen LogP contribution in [0.1, 0.15) is 27.6 Å². The average molecular weight is 315 g/mol. The number of carbonyl (C=O) groups is 2. The number of esters is 2. The van der Waals surface area contributed by atoms with Crippen molar-refractivity contribution in [1.29, 1.82) is 0 Å². The van der Waals surface area contributed by atoms with Gasteiger partial charge in [-0.2, -0.15) is 0 Å². The first-order chi connectivity index (χ1) is 11.1. The lowest BCUT2D eigenvalue weighted by atomic mass is 10.0. The number of ether oxygens (including phenoxy) is 3. The molecule has 0 atom stereocenters. The van der Waals surface area contributed by atoms with Crippen molar-refractivity contribution in [3.63, 3.8) is 0 Å². The second-order valence-corrected chi connectivity index (χ2v) is 4.56. The monoisotopic (exact) mass is 315 g/mol. The van der Waals surface area contributed by atoms with E-state index in [1.165, 1.54) is 19.4 Å². The van der Waals surface area contributed by atoms with Gasteiger partial charge in [0, 0.05) is 11.8 Å². The van der Waals surface area contributed by atoms with Crippen LogP contribution in [0.25, 0.3) is 11.3 Å². The molecule has 2 rings (SSSR count). The molecule has 0 unspecified atom stereocenters. The third kappa shape index (κ3) is 3.66. The fourth-order valence-electron chi connectivity index (χ4n) is 2.04. The molecule has 23 heavy (non-hydrogen) atoms. The molecular weight excluding hydrogens is 298 g/mol. The minimum Gasteiger partial charge on any atom is -0.497 e. The van der Waals surface area contributed by atoms with Gasteiger partial charge in [-0.3, -0.25) is 4.98 Å². The average Bonchev–Trinajstić information content (AvgIpc) is 2.60. The maximum Gasteiger partial charge on any atom is 0.340 e. The first kappa shape index (κ1) is 16.5. The Bertz CT molecular complexity index is 709. The number of hydrogen-bond acceptors (Lipinski definition) is 6. The Hall–Kier alpha value is -2.89. The van der Waals surface area contributed by atoms with Gasteiger partial charge in [-0.05, 0) is 37.3 Å². The summed E-state index contributed by atoms with van der Waals surface area (Å²) in [6.07, 6.45) is 1.38. The number of carbonyl (C=O) groups excluding carboxylic acids is 2. The van der Waals surface area contributed by atoms with Gasteiger partial charge in [0.05, 0.1) is 37.6 Å². The highest BCUT2D eigenvalue weighted by molar-refractivity contribution is 5.99. The predicted octanol–water partition coefficient (Wildman–Crippen LogP) is 2.72. The van der Waals surface area contributed by atoms with Crippen molar-refractivity contribution in [1.82, 2.24) is 4.98 Å². The largest absolute Gasteiger partial charge is 0.497 e. The molecule has 0 saturated carbocycles. The van der Waals surface area contributed by atoms with E-state index in [9.17, 15) is 9.59 Å². The van der Waals surface area contributed by atoms with E-state index < -0.39 is 11.9 Å². The van der Waals surface area contributed by atoms with Gasteiger partial charge in [-0.15, -0.1) is 0 Å².